The van der Waals surface area contributed by atoms with E-state index in [0.29, 0.717) is 11.4 Å². The van der Waals surface area contributed by atoms with Crippen molar-refractivity contribution in [3.8, 4) is 0 Å². The Morgan fingerprint density at radius 1 is 1.38 bits per heavy atom. The Hall–Kier alpha value is -2.90. The van der Waals surface area contributed by atoms with Crippen LogP contribution in [0.1, 0.15) is 33.5 Å². The molecule has 0 saturated heterocycles. The third-order valence-corrected chi connectivity index (χ3v) is 2.72. The van der Waals surface area contributed by atoms with E-state index in [0.717, 1.165) is 0 Å². The van der Waals surface area contributed by atoms with Gasteiger partial charge >= 0.3 is 5.97 Å². The van der Waals surface area contributed by atoms with Crippen LogP contribution in [0.3, 0.4) is 0 Å². The van der Waals surface area contributed by atoms with Gasteiger partial charge in [0.2, 0.25) is 0 Å². The summed E-state index contributed by atoms with van der Waals surface area (Å²) in [6.07, 6.45) is 1.49. The van der Waals surface area contributed by atoms with Crippen molar-refractivity contribution in [3.05, 3.63) is 45.6 Å². The van der Waals surface area contributed by atoms with Crippen molar-refractivity contribution in [2.75, 3.05) is 11.9 Å². The number of carbonyl (C=O) groups is 2. The number of rotatable bonds is 4. The number of aromatic amines is 2. The number of carbonyl (C=O) groups excluding carboxylic acids is 2. The van der Waals surface area contributed by atoms with Crippen molar-refractivity contribution < 1.29 is 14.3 Å². The Labute approximate surface area is 119 Å². The van der Waals surface area contributed by atoms with Crippen LogP contribution >= 0.6 is 0 Å². The van der Waals surface area contributed by atoms with E-state index in [1.165, 1.54) is 18.3 Å². The lowest BCUT2D eigenvalue weighted by molar-refractivity contribution is 0.0527. The van der Waals surface area contributed by atoms with Gasteiger partial charge in [-0.3, -0.25) is 9.59 Å². The van der Waals surface area contributed by atoms with E-state index in [4.69, 9.17) is 4.74 Å². The van der Waals surface area contributed by atoms with Crippen molar-refractivity contribution >= 4 is 17.6 Å². The van der Waals surface area contributed by atoms with E-state index in [-0.39, 0.29) is 17.9 Å². The van der Waals surface area contributed by atoms with Crippen LogP contribution in [0.4, 0.5) is 5.69 Å². The van der Waals surface area contributed by atoms with Gasteiger partial charge in [-0.15, -0.1) is 0 Å². The highest BCUT2D eigenvalue weighted by Gasteiger charge is 2.20. The van der Waals surface area contributed by atoms with Crippen LogP contribution < -0.4 is 10.9 Å². The number of aromatic nitrogens is 3. The molecule has 0 saturated carbocycles. The molecular weight excluding hydrogens is 276 g/mol. The number of ether oxygens (including phenoxy) is 1. The molecule has 2 heterocycles. The van der Waals surface area contributed by atoms with Crippen LogP contribution in [0.15, 0.2) is 23.1 Å². The van der Waals surface area contributed by atoms with Crippen molar-refractivity contribution in [1.82, 2.24) is 15.2 Å². The summed E-state index contributed by atoms with van der Waals surface area (Å²) < 4.78 is 4.94. The van der Waals surface area contributed by atoms with Gasteiger partial charge in [0.15, 0.2) is 0 Å². The zero-order chi connectivity index (χ0) is 15.4. The number of anilines is 1. The third-order valence-electron chi connectivity index (χ3n) is 2.72. The topological polar surface area (TPSA) is 117 Å². The number of nitrogens with one attached hydrogen (secondary N) is 3. The summed E-state index contributed by atoms with van der Waals surface area (Å²) in [5.41, 5.74) is 0.760. The summed E-state index contributed by atoms with van der Waals surface area (Å²) in [5.74, 6) is -1.07. The van der Waals surface area contributed by atoms with Crippen LogP contribution in [0.25, 0.3) is 0 Å². The second-order valence-corrected chi connectivity index (χ2v) is 4.18. The Morgan fingerprint density at radius 3 is 2.76 bits per heavy atom. The fourth-order valence-electron chi connectivity index (χ4n) is 1.75. The average Bonchev–Trinajstić information content (AvgIpc) is 2.80. The maximum atomic E-state index is 12.0. The molecular formula is C13H14N4O4. The summed E-state index contributed by atoms with van der Waals surface area (Å²) >= 11 is 0. The van der Waals surface area contributed by atoms with E-state index >= 15 is 0 Å². The van der Waals surface area contributed by atoms with Gasteiger partial charge in [-0.2, -0.15) is 5.10 Å². The number of hydrogen-bond acceptors (Lipinski definition) is 5. The normalized spacial score (nSPS) is 10.2. The Balaban J connectivity index is 2.23. The molecule has 2 aromatic rings. The minimum absolute atomic E-state index is 0.0308. The number of esters is 1. The summed E-state index contributed by atoms with van der Waals surface area (Å²) in [7, 11) is 0. The highest BCUT2D eigenvalue weighted by atomic mass is 16.5. The van der Waals surface area contributed by atoms with Gasteiger partial charge in [-0.05, 0) is 19.9 Å². The van der Waals surface area contributed by atoms with Crippen LogP contribution in [-0.2, 0) is 4.74 Å². The first kappa shape index (κ1) is 14.5. The minimum atomic E-state index is -0.546. The second kappa shape index (κ2) is 6.04. The first-order valence-electron chi connectivity index (χ1n) is 6.25. The number of H-pyrrole nitrogens is 2. The van der Waals surface area contributed by atoms with Crippen LogP contribution in [-0.4, -0.2) is 33.7 Å². The molecule has 8 nitrogen and oxygen atoms in total. The van der Waals surface area contributed by atoms with Gasteiger partial charge in [0.1, 0.15) is 11.3 Å². The quantitative estimate of drug-likeness (QED) is 0.721. The van der Waals surface area contributed by atoms with Crippen LogP contribution in [0.2, 0.25) is 0 Å². The lowest BCUT2D eigenvalue weighted by atomic mass is 10.2. The predicted octanol–water partition coefficient (Wildman–Crippen LogP) is 0.835. The molecule has 0 atom stereocenters. The fraction of sp³-hybridized carbons (Fsp3) is 0.231. The second-order valence-electron chi connectivity index (χ2n) is 4.18. The van der Waals surface area contributed by atoms with Gasteiger partial charge in [-0.25, -0.2) is 9.89 Å². The van der Waals surface area contributed by atoms with E-state index in [9.17, 15) is 14.4 Å². The van der Waals surface area contributed by atoms with E-state index in [1.54, 1.807) is 13.8 Å². The zero-order valence-electron chi connectivity index (χ0n) is 11.5. The predicted molar refractivity (Wildman–Crippen MR) is 74.3 cm³/mol. The van der Waals surface area contributed by atoms with E-state index < -0.39 is 17.4 Å². The SMILES string of the molecule is CCOC(=O)c1c(NC(=O)c2ccc(=O)[nH]n2)c[nH]c1C. The first-order valence-corrected chi connectivity index (χ1v) is 6.25. The van der Waals surface area contributed by atoms with Crippen molar-refractivity contribution in [2.24, 2.45) is 0 Å². The lowest BCUT2D eigenvalue weighted by Gasteiger charge is -2.06. The molecule has 0 aliphatic carbocycles. The molecule has 0 unspecified atom stereocenters. The van der Waals surface area contributed by atoms with Gasteiger partial charge in [0.05, 0.1) is 12.3 Å². The summed E-state index contributed by atoms with van der Waals surface area (Å²) in [6, 6.07) is 2.48. The molecule has 3 N–H and O–H groups in total. The maximum absolute atomic E-state index is 12.0. The number of hydrogen-bond donors (Lipinski definition) is 3. The van der Waals surface area contributed by atoms with Gasteiger partial charge in [0.25, 0.3) is 11.5 Å². The number of amides is 1. The fourth-order valence-corrected chi connectivity index (χ4v) is 1.75. The van der Waals surface area contributed by atoms with Crippen molar-refractivity contribution in [1.29, 1.82) is 0 Å². The molecule has 110 valence electrons. The largest absolute Gasteiger partial charge is 0.462 e. The molecule has 0 bridgehead atoms. The zero-order valence-corrected chi connectivity index (χ0v) is 11.5. The molecule has 2 aromatic heterocycles. The summed E-state index contributed by atoms with van der Waals surface area (Å²) in [6.45, 7) is 3.63. The van der Waals surface area contributed by atoms with Crippen LogP contribution in [0, 0.1) is 6.92 Å². The smallest absolute Gasteiger partial charge is 0.342 e. The lowest BCUT2D eigenvalue weighted by Crippen LogP contribution is -2.19. The van der Waals surface area contributed by atoms with Gasteiger partial charge in [-0.1, -0.05) is 0 Å². The van der Waals surface area contributed by atoms with Crippen LogP contribution in [0.5, 0.6) is 0 Å². The summed E-state index contributed by atoms with van der Waals surface area (Å²) in [4.78, 5) is 37.6. The Kier molecular flexibility index (Phi) is 4.17. The maximum Gasteiger partial charge on any atom is 0.342 e. The van der Waals surface area contributed by atoms with Crippen molar-refractivity contribution in [2.45, 2.75) is 13.8 Å². The van der Waals surface area contributed by atoms with Gasteiger partial charge < -0.3 is 15.0 Å². The number of aryl methyl sites for hydroxylation is 1. The monoisotopic (exact) mass is 290 g/mol. The summed E-state index contributed by atoms with van der Waals surface area (Å²) in [5, 5.41) is 8.33. The van der Waals surface area contributed by atoms with Crippen molar-refractivity contribution in [3.63, 3.8) is 0 Å². The van der Waals surface area contributed by atoms with E-state index in [1.807, 2.05) is 0 Å². The molecule has 0 radical (unpaired) electrons. The third kappa shape index (κ3) is 3.16. The molecule has 0 fully saturated rings. The van der Waals surface area contributed by atoms with E-state index in [2.05, 4.69) is 20.5 Å². The minimum Gasteiger partial charge on any atom is -0.462 e. The van der Waals surface area contributed by atoms with Gasteiger partial charge in [0, 0.05) is 18.0 Å². The number of nitrogens with zero attached hydrogens (tertiary/aromatic N) is 1. The highest BCUT2D eigenvalue weighted by Crippen LogP contribution is 2.20. The highest BCUT2D eigenvalue weighted by molar-refractivity contribution is 6.07. The average molecular weight is 290 g/mol. The standard InChI is InChI=1S/C13H14N4O4/c1-3-21-13(20)11-7(2)14-6-9(11)15-12(19)8-4-5-10(18)17-16-8/h4-6,14H,3H2,1-2H3,(H,15,19)(H,17,18). The molecule has 0 aromatic carbocycles. The Morgan fingerprint density at radius 2 is 2.14 bits per heavy atom. The molecule has 0 aliphatic rings. The molecule has 21 heavy (non-hydrogen) atoms. The first-order chi connectivity index (χ1) is 10.0. The molecule has 0 spiro atoms. The molecule has 0 aliphatic heterocycles. The molecule has 8 heteroatoms. The Bertz CT molecular complexity index is 712. The molecule has 2 rings (SSSR count). The molecule has 1 amide bonds.